The Kier molecular flexibility index (Phi) is 8.07. The predicted octanol–water partition coefficient (Wildman–Crippen LogP) is 1.49. The van der Waals surface area contributed by atoms with E-state index in [1.54, 1.807) is 0 Å². The van der Waals surface area contributed by atoms with E-state index in [1.807, 2.05) is 11.8 Å². The van der Waals surface area contributed by atoms with Crippen LogP contribution in [0.2, 0.25) is 0 Å². The van der Waals surface area contributed by atoms with Gasteiger partial charge in [0, 0.05) is 12.1 Å². The predicted molar refractivity (Wildman–Crippen MR) is 56.8 cm³/mol. The third-order valence-electron chi connectivity index (χ3n) is 1.60. The fraction of sp³-hybridized carbons (Fsp3) is 1.00. The molecule has 0 spiro atoms. The average Bonchev–Trinajstić information content (AvgIpc) is 2.02. The van der Waals surface area contributed by atoms with E-state index in [0.29, 0.717) is 6.04 Å². The van der Waals surface area contributed by atoms with Crippen molar-refractivity contribution < 1.29 is 5.11 Å². The third-order valence-corrected chi connectivity index (χ3v) is 2.54. The molecule has 2 nitrogen and oxygen atoms in total. The second-order valence-electron chi connectivity index (χ2n) is 3.19. The molecular formula is C9H21NOS. The van der Waals surface area contributed by atoms with Gasteiger partial charge >= 0.3 is 0 Å². The molecule has 0 fully saturated rings. The Hall–Kier alpha value is 0.270. The minimum absolute atomic E-state index is 0.252. The Bertz CT molecular complexity index is 98.5. The first kappa shape index (κ1) is 12.3. The van der Waals surface area contributed by atoms with Crippen molar-refractivity contribution in [3.8, 4) is 0 Å². The second-order valence-corrected chi connectivity index (χ2v) is 4.58. The highest BCUT2D eigenvalue weighted by molar-refractivity contribution is 7.99. The van der Waals surface area contributed by atoms with Crippen LogP contribution < -0.4 is 5.32 Å². The molecule has 74 valence electrons. The van der Waals surface area contributed by atoms with Crippen molar-refractivity contribution in [2.24, 2.45) is 0 Å². The Labute approximate surface area is 80.1 Å². The Morgan fingerprint density at radius 3 is 2.50 bits per heavy atom. The molecule has 0 bridgehead atoms. The molecular weight excluding hydrogens is 170 g/mol. The highest BCUT2D eigenvalue weighted by Crippen LogP contribution is 2.04. The molecule has 2 N–H and O–H groups in total. The van der Waals surface area contributed by atoms with Gasteiger partial charge in [-0.3, -0.25) is 0 Å². The van der Waals surface area contributed by atoms with Crippen molar-refractivity contribution in [1.82, 2.24) is 5.32 Å². The van der Waals surface area contributed by atoms with Gasteiger partial charge in [0.25, 0.3) is 0 Å². The lowest BCUT2D eigenvalue weighted by Crippen LogP contribution is -2.37. The molecule has 0 heterocycles. The SMILES string of the molecule is CCSCCC(CO)NC(C)C. The van der Waals surface area contributed by atoms with Crippen molar-refractivity contribution in [3.63, 3.8) is 0 Å². The van der Waals surface area contributed by atoms with Crippen LogP contribution in [-0.2, 0) is 0 Å². The van der Waals surface area contributed by atoms with Gasteiger partial charge in [-0.25, -0.2) is 0 Å². The zero-order valence-electron chi connectivity index (χ0n) is 8.34. The van der Waals surface area contributed by atoms with Crippen LogP contribution in [0.1, 0.15) is 27.2 Å². The molecule has 0 rings (SSSR count). The van der Waals surface area contributed by atoms with Crippen molar-refractivity contribution in [2.45, 2.75) is 39.3 Å². The standard InChI is InChI=1S/C9H21NOS/c1-4-12-6-5-9(7-11)10-8(2)3/h8-11H,4-7H2,1-3H3. The van der Waals surface area contributed by atoms with Gasteiger partial charge in [-0.2, -0.15) is 11.8 Å². The van der Waals surface area contributed by atoms with Gasteiger partial charge in [0.2, 0.25) is 0 Å². The second kappa shape index (κ2) is 7.90. The molecule has 0 radical (unpaired) electrons. The van der Waals surface area contributed by atoms with Gasteiger partial charge in [-0.1, -0.05) is 20.8 Å². The van der Waals surface area contributed by atoms with Gasteiger partial charge in [-0.05, 0) is 17.9 Å². The smallest absolute Gasteiger partial charge is 0.0585 e. The lowest BCUT2D eigenvalue weighted by molar-refractivity contribution is 0.232. The summed E-state index contributed by atoms with van der Waals surface area (Å²) in [6.07, 6.45) is 1.06. The first-order valence-electron chi connectivity index (χ1n) is 4.65. The first-order chi connectivity index (χ1) is 5.70. The van der Waals surface area contributed by atoms with Crippen LogP contribution >= 0.6 is 11.8 Å². The number of aliphatic hydroxyl groups excluding tert-OH is 1. The summed E-state index contributed by atoms with van der Waals surface area (Å²) >= 11 is 1.93. The molecule has 0 aromatic rings. The van der Waals surface area contributed by atoms with Gasteiger partial charge < -0.3 is 10.4 Å². The fourth-order valence-corrected chi connectivity index (χ4v) is 1.81. The molecule has 1 unspecified atom stereocenters. The molecule has 12 heavy (non-hydrogen) atoms. The molecule has 0 aliphatic heterocycles. The van der Waals surface area contributed by atoms with Gasteiger partial charge in [-0.15, -0.1) is 0 Å². The number of rotatable bonds is 7. The van der Waals surface area contributed by atoms with Gasteiger partial charge in [0.15, 0.2) is 0 Å². The summed E-state index contributed by atoms with van der Waals surface area (Å²) in [5.41, 5.74) is 0. The van der Waals surface area contributed by atoms with Crippen molar-refractivity contribution in [3.05, 3.63) is 0 Å². The van der Waals surface area contributed by atoms with Gasteiger partial charge in [0.05, 0.1) is 6.61 Å². The number of aliphatic hydroxyl groups is 1. The van der Waals surface area contributed by atoms with E-state index in [4.69, 9.17) is 5.11 Å². The topological polar surface area (TPSA) is 32.3 Å². The fourth-order valence-electron chi connectivity index (χ4n) is 1.07. The van der Waals surface area contributed by atoms with Crippen LogP contribution in [-0.4, -0.2) is 35.3 Å². The number of nitrogens with one attached hydrogen (secondary N) is 1. The van der Waals surface area contributed by atoms with Crippen LogP contribution in [0.25, 0.3) is 0 Å². The maximum absolute atomic E-state index is 9.00. The lowest BCUT2D eigenvalue weighted by Gasteiger charge is -2.18. The van der Waals surface area contributed by atoms with E-state index in [0.717, 1.165) is 12.2 Å². The van der Waals surface area contributed by atoms with Crippen molar-refractivity contribution in [1.29, 1.82) is 0 Å². The van der Waals surface area contributed by atoms with E-state index in [2.05, 4.69) is 26.1 Å². The van der Waals surface area contributed by atoms with Crippen molar-refractivity contribution >= 4 is 11.8 Å². The monoisotopic (exact) mass is 191 g/mol. The highest BCUT2D eigenvalue weighted by Gasteiger charge is 2.07. The third kappa shape index (κ3) is 6.95. The molecule has 1 atom stereocenters. The first-order valence-corrected chi connectivity index (χ1v) is 5.80. The van der Waals surface area contributed by atoms with E-state index >= 15 is 0 Å². The molecule has 0 saturated carbocycles. The summed E-state index contributed by atoms with van der Waals surface area (Å²) in [5.74, 6) is 2.31. The zero-order valence-corrected chi connectivity index (χ0v) is 9.16. The minimum atomic E-state index is 0.252. The Morgan fingerprint density at radius 2 is 2.08 bits per heavy atom. The van der Waals surface area contributed by atoms with Crippen LogP contribution in [0.5, 0.6) is 0 Å². The minimum Gasteiger partial charge on any atom is -0.395 e. The number of hydrogen-bond donors (Lipinski definition) is 2. The van der Waals surface area contributed by atoms with E-state index in [1.165, 1.54) is 5.75 Å². The Morgan fingerprint density at radius 1 is 1.42 bits per heavy atom. The Balaban J connectivity index is 3.39. The summed E-state index contributed by atoms with van der Waals surface area (Å²) in [7, 11) is 0. The van der Waals surface area contributed by atoms with Gasteiger partial charge in [0.1, 0.15) is 0 Å². The average molecular weight is 191 g/mol. The number of thioether (sulfide) groups is 1. The molecule has 0 aromatic carbocycles. The molecule has 0 amide bonds. The van der Waals surface area contributed by atoms with E-state index in [-0.39, 0.29) is 12.6 Å². The van der Waals surface area contributed by atoms with E-state index in [9.17, 15) is 0 Å². The largest absolute Gasteiger partial charge is 0.395 e. The van der Waals surface area contributed by atoms with Crippen LogP contribution in [0.15, 0.2) is 0 Å². The zero-order chi connectivity index (χ0) is 9.40. The van der Waals surface area contributed by atoms with Crippen LogP contribution in [0.4, 0.5) is 0 Å². The quantitative estimate of drug-likeness (QED) is 0.598. The maximum Gasteiger partial charge on any atom is 0.0585 e. The highest BCUT2D eigenvalue weighted by atomic mass is 32.2. The summed E-state index contributed by atoms with van der Waals surface area (Å²) in [4.78, 5) is 0. The van der Waals surface area contributed by atoms with E-state index < -0.39 is 0 Å². The molecule has 0 saturated heterocycles. The maximum atomic E-state index is 9.00. The molecule has 0 aliphatic rings. The summed E-state index contributed by atoms with van der Waals surface area (Å²) in [5, 5.41) is 12.3. The molecule has 0 aliphatic carbocycles. The lowest BCUT2D eigenvalue weighted by atomic mass is 10.2. The summed E-state index contributed by atoms with van der Waals surface area (Å²) < 4.78 is 0. The van der Waals surface area contributed by atoms with Crippen LogP contribution in [0.3, 0.4) is 0 Å². The van der Waals surface area contributed by atoms with Crippen LogP contribution in [0, 0.1) is 0 Å². The summed E-state index contributed by atoms with van der Waals surface area (Å²) in [6, 6.07) is 0.748. The normalized spacial score (nSPS) is 13.8. The molecule has 3 heteroatoms. The number of hydrogen-bond acceptors (Lipinski definition) is 3. The van der Waals surface area contributed by atoms with Crippen molar-refractivity contribution in [2.75, 3.05) is 18.1 Å². The molecule has 0 aromatic heterocycles. The summed E-state index contributed by atoms with van der Waals surface area (Å²) in [6.45, 7) is 6.63.